The van der Waals surface area contributed by atoms with Gasteiger partial charge in [-0.2, -0.15) is 0 Å². The van der Waals surface area contributed by atoms with Gasteiger partial charge in [-0.05, 0) is 24.3 Å². The molecule has 0 spiro atoms. The van der Waals surface area contributed by atoms with Gasteiger partial charge in [0.1, 0.15) is 28.7 Å². The third-order valence-electron chi connectivity index (χ3n) is 4.53. The molecule has 2 rings (SSSR count). The number of hydrogen-bond donors (Lipinski definition) is 1. The van der Waals surface area contributed by atoms with Crippen LogP contribution in [-0.2, 0) is 14.8 Å². The predicted molar refractivity (Wildman–Crippen MR) is 128 cm³/mol. The van der Waals surface area contributed by atoms with E-state index < -0.39 is 10.0 Å². The number of anilines is 2. The molecule has 2 aromatic rings. The molecule has 0 bridgehead atoms. The van der Waals surface area contributed by atoms with Gasteiger partial charge in [0.25, 0.3) is 10.0 Å². The van der Waals surface area contributed by atoms with Crippen molar-refractivity contribution in [2.75, 3.05) is 52.3 Å². The minimum Gasteiger partial charge on any atom is -0.496 e. The second kappa shape index (κ2) is 10.9. The van der Waals surface area contributed by atoms with Crippen LogP contribution in [-0.4, -0.2) is 61.9 Å². The molecule has 0 unspecified atom stereocenters. The molecule has 33 heavy (non-hydrogen) atoms. The van der Waals surface area contributed by atoms with Gasteiger partial charge in [0.15, 0.2) is 0 Å². The fourth-order valence-corrected chi connectivity index (χ4v) is 3.98. The van der Waals surface area contributed by atoms with Crippen LogP contribution in [0, 0.1) is 0 Å². The number of methoxy groups -OCH3 is 4. The SMILES string of the molecule is COc1cc(OC)c(C=CS(=O)(=O)Nc2ccc(OC)c(N(C(C)=O)N(C)C)c2)c(OC)c1. The highest BCUT2D eigenvalue weighted by molar-refractivity contribution is 7.95. The summed E-state index contributed by atoms with van der Waals surface area (Å²) in [5, 5.41) is 3.93. The Morgan fingerprint density at radius 3 is 1.94 bits per heavy atom. The number of benzene rings is 2. The van der Waals surface area contributed by atoms with Gasteiger partial charge in [0, 0.05) is 33.2 Å². The molecule has 0 atom stereocenters. The Morgan fingerprint density at radius 2 is 1.48 bits per heavy atom. The van der Waals surface area contributed by atoms with E-state index in [4.69, 9.17) is 18.9 Å². The predicted octanol–water partition coefficient (Wildman–Crippen LogP) is 2.96. The van der Waals surface area contributed by atoms with Crippen molar-refractivity contribution in [3.8, 4) is 23.0 Å². The number of ether oxygens (including phenoxy) is 4. The first-order valence-electron chi connectivity index (χ1n) is 9.73. The summed E-state index contributed by atoms with van der Waals surface area (Å²) in [6.07, 6.45) is 1.37. The quantitative estimate of drug-likeness (QED) is 0.519. The van der Waals surface area contributed by atoms with Gasteiger partial charge in [-0.1, -0.05) is 0 Å². The first kappa shape index (κ1) is 25.8. The van der Waals surface area contributed by atoms with Crippen molar-refractivity contribution in [3.05, 3.63) is 41.3 Å². The van der Waals surface area contributed by atoms with E-state index in [1.807, 2.05) is 0 Å². The fraction of sp³-hybridized carbons (Fsp3) is 0.318. The molecule has 1 amide bonds. The Balaban J connectivity index is 2.42. The molecule has 0 aliphatic carbocycles. The number of sulfonamides is 1. The van der Waals surface area contributed by atoms with Crippen LogP contribution in [0.15, 0.2) is 35.7 Å². The zero-order valence-electron chi connectivity index (χ0n) is 19.7. The Hall–Kier alpha value is -3.44. The first-order chi connectivity index (χ1) is 15.6. The number of amides is 1. The van der Waals surface area contributed by atoms with Crippen molar-refractivity contribution >= 4 is 33.4 Å². The molecule has 0 aliphatic rings. The molecule has 0 saturated carbocycles. The second-order valence-electron chi connectivity index (χ2n) is 6.96. The molecule has 0 aromatic heterocycles. The molecule has 1 N–H and O–H groups in total. The van der Waals surface area contributed by atoms with Crippen LogP contribution in [0.4, 0.5) is 11.4 Å². The van der Waals surface area contributed by atoms with Crippen LogP contribution in [0.25, 0.3) is 6.08 Å². The van der Waals surface area contributed by atoms with E-state index in [0.29, 0.717) is 34.2 Å². The summed E-state index contributed by atoms with van der Waals surface area (Å²) in [6.45, 7) is 1.40. The molecular formula is C22H29N3O7S. The van der Waals surface area contributed by atoms with Crippen molar-refractivity contribution < 1.29 is 32.2 Å². The average molecular weight is 480 g/mol. The number of rotatable bonds is 10. The third kappa shape index (κ3) is 6.30. The van der Waals surface area contributed by atoms with Crippen molar-refractivity contribution in [1.29, 1.82) is 0 Å². The first-order valence-corrected chi connectivity index (χ1v) is 11.3. The van der Waals surface area contributed by atoms with Crippen LogP contribution >= 0.6 is 0 Å². The van der Waals surface area contributed by atoms with Gasteiger partial charge in [-0.25, -0.2) is 18.4 Å². The van der Waals surface area contributed by atoms with E-state index in [0.717, 1.165) is 5.41 Å². The maximum atomic E-state index is 12.8. The van der Waals surface area contributed by atoms with E-state index in [1.54, 1.807) is 37.3 Å². The standard InChI is InChI=1S/C22H29N3O7S/c1-15(26)25(24(2)3)19-12-16(8-9-20(19)30-5)23-33(27,28)11-10-18-21(31-6)13-17(29-4)14-22(18)32-7/h8-14,23H,1-7H3. The molecule has 2 aromatic carbocycles. The summed E-state index contributed by atoms with van der Waals surface area (Å²) in [4.78, 5) is 12.1. The zero-order valence-corrected chi connectivity index (χ0v) is 20.5. The third-order valence-corrected chi connectivity index (χ3v) is 5.55. The number of hydrazine groups is 1. The molecule has 0 aliphatic heterocycles. The minimum atomic E-state index is -3.93. The molecule has 10 nitrogen and oxygen atoms in total. The van der Waals surface area contributed by atoms with Gasteiger partial charge < -0.3 is 18.9 Å². The van der Waals surface area contributed by atoms with E-state index in [2.05, 4.69) is 4.72 Å². The molecule has 0 radical (unpaired) electrons. The smallest absolute Gasteiger partial charge is 0.255 e. The van der Waals surface area contributed by atoms with Gasteiger partial charge >= 0.3 is 0 Å². The maximum absolute atomic E-state index is 12.8. The Labute approximate surface area is 194 Å². The Morgan fingerprint density at radius 1 is 0.909 bits per heavy atom. The zero-order chi connectivity index (χ0) is 24.8. The van der Waals surface area contributed by atoms with Crippen LogP contribution in [0.1, 0.15) is 12.5 Å². The van der Waals surface area contributed by atoms with Crippen LogP contribution in [0.3, 0.4) is 0 Å². The van der Waals surface area contributed by atoms with Gasteiger partial charge in [-0.3, -0.25) is 9.52 Å². The van der Waals surface area contributed by atoms with Gasteiger partial charge in [0.2, 0.25) is 5.91 Å². The summed E-state index contributed by atoms with van der Waals surface area (Å²) in [7, 11) is 5.34. The topological polar surface area (TPSA) is 107 Å². The Kier molecular flexibility index (Phi) is 8.55. The lowest BCUT2D eigenvalue weighted by atomic mass is 10.1. The summed E-state index contributed by atoms with van der Waals surface area (Å²) in [6, 6.07) is 7.87. The van der Waals surface area contributed by atoms with Gasteiger partial charge in [0.05, 0.1) is 45.1 Å². The van der Waals surface area contributed by atoms with Crippen LogP contribution in [0.5, 0.6) is 23.0 Å². The summed E-state index contributed by atoms with van der Waals surface area (Å²) < 4.78 is 49.3. The normalized spacial score (nSPS) is 11.4. The van der Waals surface area contributed by atoms with E-state index in [1.165, 1.54) is 58.6 Å². The summed E-state index contributed by atoms with van der Waals surface area (Å²) in [5.74, 6) is 1.41. The highest BCUT2D eigenvalue weighted by atomic mass is 32.2. The van der Waals surface area contributed by atoms with Crippen molar-refractivity contribution in [2.45, 2.75) is 6.92 Å². The number of carbonyl (C=O) groups excluding carboxylic acids is 1. The van der Waals surface area contributed by atoms with E-state index >= 15 is 0 Å². The van der Waals surface area contributed by atoms with Crippen molar-refractivity contribution in [1.82, 2.24) is 5.01 Å². The van der Waals surface area contributed by atoms with Crippen molar-refractivity contribution in [2.24, 2.45) is 0 Å². The molecule has 0 heterocycles. The van der Waals surface area contributed by atoms with Crippen molar-refractivity contribution in [3.63, 3.8) is 0 Å². The highest BCUT2D eigenvalue weighted by Gasteiger charge is 2.20. The average Bonchev–Trinajstić information content (AvgIpc) is 2.76. The molecular weight excluding hydrogens is 450 g/mol. The minimum absolute atomic E-state index is 0.247. The lowest BCUT2D eigenvalue weighted by molar-refractivity contribution is -0.118. The van der Waals surface area contributed by atoms with Gasteiger partial charge in [-0.15, -0.1) is 0 Å². The maximum Gasteiger partial charge on any atom is 0.255 e. The largest absolute Gasteiger partial charge is 0.496 e. The number of carbonyl (C=O) groups is 1. The molecule has 0 saturated heterocycles. The van der Waals surface area contributed by atoms with E-state index in [9.17, 15) is 13.2 Å². The molecule has 0 fully saturated rings. The molecule has 11 heteroatoms. The van der Waals surface area contributed by atoms with E-state index in [-0.39, 0.29) is 11.6 Å². The lowest BCUT2D eigenvalue weighted by Crippen LogP contribution is -2.40. The number of nitrogens with zero attached hydrogens (tertiary/aromatic N) is 2. The number of nitrogens with one attached hydrogen (secondary N) is 1. The fourth-order valence-electron chi connectivity index (χ4n) is 3.14. The van der Waals surface area contributed by atoms with Crippen LogP contribution in [0.2, 0.25) is 0 Å². The second-order valence-corrected chi connectivity index (χ2v) is 8.53. The Bertz CT molecular complexity index is 1110. The monoisotopic (exact) mass is 479 g/mol. The molecule has 180 valence electrons. The highest BCUT2D eigenvalue weighted by Crippen LogP contribution is 2.36. The lowest BCUT2D eigenvalue weighted by Gasteiger charge is -2.29. The summed E-state index contributed by atoms with van der Waals surface area (Å²) >= 11 is 0. The van der Waals surface area contributed by atoms with Crippen LogP contribution < -0.4 is 28.7 Å². The number of hydrogen-bond acceptors (Lipinski definition) is 8. The summed E-state index contributed by atoms with van der Waals surface area (Å²) in [5.41, 5.74) is 1.06.